The van der Waals surface area contributed by atoms with E-state index in [2.05, 4.69) is 0 Å². The number of carbonyl (C=O) groups excluding carboxylic acids is 5. The molecule has 0 radical (unpaired) electrons. The van der Waals surface area contributed by atoms with E-state index >= 15 is 0 Å². The molecule has 2 aromatic rings. The molecule has 1 atom stereocenters. The molecule has 144 valence electrons. The van der Waals surface area contributed by atoms with Gasteiger partial charge in [0.1, 0.15) is 5.76 Å². The van der Waals surface area contributed by atoms with Crippen LogP contribution in [0.2, 0.25) is 0 Å². The van der Waals surface area contributed by atoms with Crippen LogP contribution in [-0.2, 0) is 16.1 Å². The van der Waals surface area contributed by atoms with Crippen LogP contribution in [0.15, 0.2) is 41.0 Å². The van der Waals surface area contributed by atoms with Gasteiger partial charge in [-0.1, -0.05) is 0 Å². The fourth-order valence-corrected chi connectivity index (χ4v) is 2.62. The van der Waals surface area contributed by atoms with Crippen LogP contribution in [0, 0.1) is 0 Å². The van der Waals surface area contributed by atoms with Crippen LogP contribution in [0.5, 0.6) is 0 Å². The molecule has 0 bridgehead atoms. The summed E-state index contributed by atoms with van der Waals surface area (Å²) in [6, 6.07) is 6.05. The first-order chi connectivity index (χ1) is 13.3. The van der Waals surface area contributed by atoms with E-state index in [1.165, 1.54) is 31.4 Å². The fourth-order valence-electron chi connectivity index (χ4n) is 2.62. The number of rotatable bonds is 5. The van der Waals surface area contributed by atoms with Crippen molar-refractivity contribution in [2.45, 2.75) is 19.6 Å². The predicted octanol–water partition coefficient (Wildman–Crippen LogP) is 0.816. The maximum Gasteiger partial charge on any atom is 0.338 e. The van der Waals surface area contributed by atoms with Crippen LogP contribution in [-0.4, -0.2) is 40.7 Å². The SMILES string of the molecule is C[C@H](OC(=O)c1ccc2c(c1)C(=O)N(Cc1ccco1)C2=O)C(=O)NC(N)=O. The highest BCUT2D eigenvalue weighted by Gasteiger charge is 2.36. The molecule has 3 rings (SSSR count). The first-order valence-corrected chi connectivity index (χ1v) is 8.12. The van der Waals surface area contributed by atoms with Crippen molar-refractivity contribution in [3.63, 3.8) is 0 Å². The molecule has 0 saturated carbocycles. The van der Waals surface area contributed by atoms with Gasteiger partial charge in [0.2, 0.25) is 0 Å². The summed E-state index contributed by atoms with van der Waals surface area (Å²) >= 11 is 0. The summed E-state index contributed by atoms with van der Waals surface area (Å²) in [5, 5.41) is 1.79. The molecule has 0 spiro atoms. The fraction of sp³-hybridized carbons (Fsp3) is 0.167. The molecule has 0 fully saturated rings. The molecular weight excluding hydrogens is 370 g/mol. The number of furan rings is 1. The third kappa shape index (κ3) is 3.61. The Morgan fingerprint density at radius 1 is 1.18 bits per heavy atom. The van der Waals surface area contributed by atoms with Crippen molar-refractivity contribution < 1.29 is 33.1 Å². The van der Waals surface area contributed by atoms with E-state index in [1.54, 1.807) is 17.4 Å². The van der Waals surface area contributed by atoms with Gasteiger partial charge in [-0.05, 0) is 37.3 Å². The summed E-state index contributed by atoms with van der Waals surface area (Å²) in [4.78, 5) is 60.5. The number of hydrogen-bond donors (Lipinski definition) is 2. The van der Waals surface area contributed by atoms with Gasteiger partial charge in [0.05, 0.1) is 29.5 Å². The highest BCUT2D eigenvalue weighted by molar-refractivity contribution is 6.21. The van der Waals surface area contributed by atoms with Gasteiger partial charge in [0.25, 0.3) is 17.7 Å². The lowest BCUT2D eigenvalue weighted by Crippen LogP contribution is -2.42. The summed E-state index contributed by atoms with van der Waals surface area (Å²) in [5.74, 6) is -2.45. The average molecular weight is 385 g/mol. The Morgan fingerprint density at radius 2 is 1.89 bits per heavy atom. The van der Waals surface area contributed by atoms with Crippen molar-refractivity contribution in [2.75, 3.05) is 0 Å². The van der Waals surface area contributed by atoms with Gasteiger partial charge < -0.3 is 14.9 Å². The number of imide groups is 2. The molecule has 10 nitrogen and oxygen atoms in total. The molecule has 0 unspecified atom stereocenters. The number of ether oxygens (including phenoxy) is 1. The quantitative estimate of drug-likeness (QED) is 0.571. The van der Waals surface area contributed by atoms with E-state index in [0.29, 0.717) is 5.76 Å². The summed E-state index contributed by atoms with van der Waals surface area (Å²) in [5.41, 5.74) is 4.99. The number of fused-ring (bicyclic) bond motifs is 1. The third-order valence-electron chi connectivity index (χ3n) is 4.00. The van der Waals surface area contributed by atoms with Crippen LogP contribution in [0.1, 0.15) is 43.8 Å². The second kappa shape index (κ2) is 7.35. The van der Waals surface area contributed by atoms with E-state index in [-0.39, 0.29) is 23.2 Å². The lowest BCUT2D eigenvalue weighted by atomic mass is 10.1. The minimum absolute atomic E-state index is 0.0292. The smallest absolute Gasteiger partial charge is 0.338 e. The number of amides is 5. The molecule has 2 heterocycles. The number of nitrogens with zero attached hydrogens (tertiary/aromatic N) is 1. The number of esters is 1. The van der Waals surface area contributed by atoms with Gasteiger partial charge in [0.15, 0.2) is 6.10 Å². The zero-order chi connectivity index (χ0) is 20.4. The molecule has 1 aromatic carbocycles. The van der Waals surface area contributed by atoms with Crippen LogP contribution in [0.3, 0.4) is 0 Å². The van der Waals surface area contributed by atoms with E-state index < -0.39 is 35.8 Å². The van der Waals surface area contributed by atoms with Crippen LogP contribution >= 0.6 is 0 Å². The van der Waals surface area contributed by atoms with Crippen molar-refractivity contribution in [3.8, 4) is 0 Å². The number of nitrogens with two attached hydrogens (primary N) is 1. The monoisotopic (exact) mass is 385 g/mol. The molecule has 1 aliphatic rings. The lowest BCUT2D eigenvalue weighted by Gasteiger charge is -2.12. The Kier molecular flexibility index (Phi) is 4.94. The number of hydrogen-bond acceptors (Lipinski definition) is 7. The van der Waals surface area contributed by atoms with E-state index in [9.17, 15) is 24.0 Å². The Balaban J connectivity index is 1.76. The second-order valence-corrected chi connectivity index (χ2v) is 5.94. The molecule has 5 amide bonds. The largest absolute Gasteiger partial charge is 0.467 e. The van der Waals surface area contributed by atoms with Crippen molar-refractivity contribution in [1.29, 1.82) is 0 Å². The second-order valence-electron chi connectivity index (χ2n) is 5.94. The minimum atomic E-state index is -1.29. The molecule has 1 aromatic heterocycles. The number of nitrogens with one attached hydrogen (secondary N) is 1. The number of primary amides is 1. The van der Waals surface area contributed by atoms with E-state index in [1.807, 2.05) is 0 Å². The van der Waals surface area contributed by atoms with Crippen LogP contribution in [0.25, 0.3) is 0 Å². The zero-order valence-corrected chi connectivity index (χ0v) is 14.6. The Morgan fingerprint density at radius 3 is 2.54 bits per heavy atom. The number of carbonyl (C=O) groups is 5. The van der Waals surface area contributed by atoms with E-state index in [0.717, 1.165) is 4.90 Å². The third-order valence-corrected chi connectivity index (χ3v) is 4.00. The van der Waals surface area contributed by atoms with Crippen LogP contribution < -0.4 is 11.1 Å². The summed E-state index contributed by atoms with van der Waals surface area (Å²) in [7, 11) is 0. The summed E-state index contributed by atoms with van der Waals surface area (Å²) < 4.78 is 10.1. The standard InChI is InChI=1S/C18H15N3O7/c1-9(14(22)20-18(19)26)28-17(25)10-4-5-12-13(7-10)16(24)21(15(12)23)8-11-3-2-6-27-11/h2-7,9H,8H2,1H3,(H3,19,20,22,26)/t9-/m0/s1. The Labute approximate surface area is 158 Å². The maximum absolute atomic E-state index is 12.6. The van der Waals surface area contributed by atoms with Crippen molar-refractivity contribution in [1.82, 2.24) is 10.2 Å². The van der Waals surface area contributed by atoms with Crippen molar-refractivity contribution >= 4 is 29.7 Å². The molecule has 10 heteroatoms. The first kappa shape index (κ1) is 18.8. The van der Waals surface area contributed by atoms with Gasteiger partial charge in [-0.15, -0.1) is 0 Å². The molecular formula is C18H15N3O7. The summed E-state index contributed by atoms with van der Waals surface area (Å²) in [6.07, 6.45) is 0.137. The van der Waals surface area contributed by atoms with Gasteiger partial charge in [0, 0.05) is 0 Å². The maximum atomic E-state index is 12.6. The van der Waals surface area contributed by atoms with E-state index in [4.69, 9.17) is 14.9 Å². The summed E-state index contributed by atoms with van der Waals surface area (Å²) in [6.45, 7) is 1.22. The number of urea groups is 1. The lowest BCUT2D eigenvalue weighted by molar-refractivity contribution is -0.127. The van der Waals surface area contributed by atoms with Crippen molar-refractivity contribution in [3.05, 3.63) is 59.0 Å². The molecule has 3 N–H and O–H groups in total. The average Bonchev–Trinajstić information content (AvgIpc) is 3.24. The molecule has 28 heavy (non-hydrogen) atoms. The topological polar surface area (TPSA) is 149 Å². The molecule has 0 aliphatic carbocycles. The Bertz CT molecular complexity index is 981. The number of benzene rings is 1. The first-order valence-electron chi connectivity index (χ1n) is 8.12. The van der Waals surface area contributed by atoms with Gasteiger partial charge in [-0.25, -0.2) is 9.59 Å². The highest BCUT2D eigenvalue weighted by Crippen LogP contribution is 2.26. The normalized spacial score (nSPS) is 13.8. The molecule has 0 saturated heterocycles. The molecule has 1 aliphatic heterocycles. The van der Waals surface area contributed by atoms with Crippen molar-refractivity contribution in [2.24, 2.45) is 5.73 Å². The van der Waals surface area contributed by atoms with Gasteiger partial charge in [-0.3, -0.25) is 24.6 Å². The van der Waals surface area contributed by atoms with Crippen LogP contribution in [0.4, 0.5) is 4.79 Å². The minimum Gasteiger partial charge on any atom is -0.467 e. The predicted molar refractivity (Wildman–Crippen MR) is 92.0 cm³/mol. The van der Waals surface area contributed by atoms with Gasteiger partial charge >= 0.3 is 12.0 Å². The van der Waals surface area contributed by atoms with Gasteiger partial charge in [-0.2, -0.15) is 0 Å². The highest BCUT2D eigenvalue weighted by atomic mass is 16.5. The Hall–Kier alpha value is -3.95. The zero-order valence-electron chi connectivity index (χ0n) is 14.6.